The van der Waals surface area contributed by atoms with E-state index in [0.29, 0.717) is 0 Å². The third-order valence-electron chi connectivity index (χ3n) is 1.50. The van der Waals surface area contributed by atoms with E-state index in [1.54, 1.807) is 47.6 Å². The van der Waals surface area contributed by atoms with E-state index in [4.69, 9.17) is 20.1 Å². The third kappa shape index (κ3) is 51.7. The van der Waals surface area contributed by atoms with E-state index >= 15 is 0 Å². The van der Waals surface area contributed by atoms with E-state index < -0.39 is 0 Å². The van der Waals surface area contributed by atoms with Crippen molar-refractivity contribution in [2.24, 2.45) is 0 Å². The maximum atomic E-state index is 9.48. The van der Waals surface area contributed by atoms with Crippen molar-refractivity contribution in [3.63, 3.8) is 0 Å². The molecule has 1 rings (SSSR count). The van der Waals surface area contributed by atoms with Crippen LogP contribution in [0.25, 0.3) is 6.08 Å². The SMILES string of the molecule is CC(C)(C)O/C(O)=C/c1ccccc1.CC(C)O.CC(C)O.CC(C)O.[Ti]. The molecular weight excluding hydrogens is 380 g/mol. The molecule has 0 aliphatic rings. The van der Waals surface area contributed by atoms with Crippen LogP contribution in [0.5, 0.6) is 0 Å². The van der Waals surface area contributed by atoms with E-state index in [-0.39, 0.29) is 51.6 Å². The monoisotopic (exact) mass is 420 g/mol. The molecule has 0 amide bonds. The first-order chi connectivity index (χ1) is 11.7. The van der Waals surface area contributed by atoms with Crippen LogP contribution in [-0.2, 0) is 26.5 Å². The Bertz CT molecular complexity index is 415. The molecule has 0 unspecified atom stereocenters. The summed E-state index contributed by atoms with van der Waals surface area (Å²) in [6.07, 6.45) is 1.10. The van der Waals surface area contributed by atoms with E-state index in [9.17, 15) is 5.11 Å². The molecule has 0 radical (unpaired) electrons. The van der Waals surface area contributed by atoms with Crippen LogP contribution >= 0.6 is 0 Å². The predicted molar refractivity (Wildman–Crippen MR) is 110 cm³/mol. The first-order valence-corrected chi connectivity index (χ1v) is 8.86. The molecule has 0 aromatic heterocycles. The Labute approximate surface area is 181 Å². The number of hydrogen-bond acceptors (Lipinski definition) is 5. The topological polar surface area (TPSA) is 90.2 Å². The van der Waals surface area contributed by atoms with Crippen molar-refractivity contribution >= 4 is 6.08 Å². The summed E-state index contributed by atoms with van der Waals surface area (Å²) >= 11 is 0. The molecule has 0 fully saturated rings. The van der Waals surface area contributed by atoms with Crippen LogP contribution in [0, 0.1) is 0 Å². The fourth-order valence-electron chi connectivity index (χ4n) is 1.04. The van der Waals surface area contributed by atoms with Gasteiger partial charge in [-0.1, -0.05) is 30.3 Å². The number of ether oxygens (including phenoxy) is 1. The minimum absolute atomic E-state index is 0. The standard InChI is InChI=1S/C12H16O2.3C3H8O.Ti/c1-12(2,3)14-11(13)9-10-7-5-4-6-8-10;3*1-3(2)4;/h4-9,13H,1-3H3;3*3-4H,1-2H3;/b11-9+;;;;. The summed E-state index contributed by atoms with van der Waals surface area (Å²) in [7, 11) is 0. The van der Waals surface area contributed by atoms with Crippen LogP contribution in [0.2, 0.25) is 0 Å². The van der Waals surface area contributed by atoms with Crippen molar-refractivity contribution in [2.75, 3.05) is 0 Å². The van der Waals surface area contributed by atoms with Gasteiger partial charge in [0.15, 0.2) is 0 Å². The molecule has 4 N–H and O–H groups in total. The van der Waals surface area contributed by atoms with Gasteiger partial charge in [-0.15, -0.1) is 0 Å². The van der Waals surface area contributed by atoms with Gasteiger partial charge in [-0.05, 0) is 67.9 Å². The van der Waals surface area contributed by atoms with Crippen molar-refractivity contribution < 1.29 is 46.9 Å². The van der Waals surface area contributed by atoms with Crippen molar-refractivity contribution in [1.82, 2.24) is 0 Å². The van der Waals surface area contributed by atoms with Gasteiger partial charge in [0.1, 0.15) is 5.60 Å². The van der Waals surface area contributed by atoms with Crippen molar-refractivity contribution in [3.8, 4) is 0 Å². The zero-order valence-electron chi connectivity index (χ0n) is 18.4. The molecule has 1 aromatic carbocycles. The molecule has 6 heteroatoms. The number of benzene rings is 1. The Morgan fingerprint density at radius 3 is 1.37 bits per heavy atom. The van der Waals surface area contributed by atoms with Crippen LogP contribution in [0.1, 0.15) is 67.9 Å². The Hall–Kier alpha value is -0.846. The summed E-state index contributed by atoms with van der Waals surface area (Å²) in [6, 6.07) is 9.57. The minimum atomic E-state index is -0.366. The second kappa shape index (κ2) is 19.9. The normalized spacial score (nSPS) is 10.6. The van der Waals surface area contributed by atoms with Gasteiger partial charge >= 0.3 is 0 Å². The van der Waals surface area contributed by atoms with Crippen LogP contribution in [-0.4, -0.2) is 44.3 Å². The second-order valence-corrected chi connectivity index (χ2v) is 7.39. The molecule has 0 bridgehead atoms. The van der Waals surface area contributed by atoms with Gasteiger partial charge in [-0.3, -0.25) is 0 Å². The summed E-state index contributed by atoms with van der Waals surface area (Å²) in [5.74, 6) is -0.0521. The van der Waals surface area contributed by atoms with Gasteiger partial charge in [0, 0.05) is 46.1 Å². The molecule has 0 saturated carbocycles. The Balaban J connectivity index is -0.000000169. The van der Waals surface area contributed by atoms with E-state index in [2.05, 4.69) is 0 Å². The van der Waals surface area contributed by atoms with Crippen molar-refractivity contribution in [3.05, 3.63) is 41.8 Å². The van der Waals surface area contributed by atoms with Crippen LogP contribution < -0.4 is 0 Å². The number of aliphatic hydroxyl groups excluding tert-OH is 4. The molecular formula is C21H40O5Ti. The maximum Gasteiger partial charge on any atom is 0.277 e. The van der Waals surface area contributed by atoms with Crippen molar-refractivity contribution in [1.29, 1.82) is 0 Å². The third-order valence-corrected chi connectivity index (χ3v) is 1.50. The fourth-order valence-corrected chi connectivity index (χ4v) is 1.04. The Morgan fingerprint density at radius 1 is 0.815 bits per heavy atom. The largest absolute Gasteiger partial charge is 0.481 e. The Morgan fingerprint density at radius 2 is 1.11 bits per heavy atom. The molecule has 5 nitrogen and oxygen atoms in total. The average Bonchev–Trinajstić information content (AvgIpc) is 2.35. The first kappa shape index (κ1) is 33.7. The first-order valence-electron chi connectivity index (χ1n) is 8.86. The van der Waals surface area contributed by atoms with Gasteiger partial charge in [0.05, 0.1) is 0 Å². The summed E-state index contributed by atoms with van der Waals surface area (Å²) < 4.78 is 5.26. The molecule has 1 aromatic rings. The average molecular weight is 420 g/mol. The van der Waals surface area contributed by atoms with Gasteiger partial charge in [0.25, 0.3) is 5.95 Å². The summed E-state index contributed by atoms with van der Waals surface area (Å²) in [4.78, 5) is 0. The second-order valence-electron chi connectivity index (χ2n) is 7.39. The van der Waals surface area contributed by atoms with E-state index in [0.717, 1.165) is 5.56 Å². The predicted octanol–water partition coefficient (Wildman–Crippen LogP) is 4.52. The van der Waals surface area contributed by atoms with Gasteiger partial charge in [-0.2, -0.15) is 0 Å². The van der Waals surface area contributed by atoms with Gasteiger partial charge < -0.3 is 25.2 Å². The minimum Gasteiger partial charge on any atom is -0.481 e. The molecule has 0 spiro atoms. The molecule has 0 atom stereocenters. The van der Waals surface area contributed by atoms with Crippen molar-refractivity contribution in [2.45, 2.75) is 86.2 Å². The number of rotatable bonds is 2. The number of hydrogen-bond donors (Lipinski definition) is 4. The molecule has 0 aliphatic heterocycles. The van der Waals surface area contributed by atoms with Crippen LogP contribution in [0.4, 0.5) is 0 Å². The van der Waals surface area contributed by atoms with E-state index in [1.165, 1.54) is 0 Å². The molecule has 0 heterocycles. The molecule has 27 heavy (non-hydrogen) atoms. The molecule has 0 aliphatic carbocycles. The number of aliphatic hydroxyl groups is 4. The van der Waals surface area contributed by atoms with Crippen LogP contribution in [0.15, 0.2) is 36.3 Å². The fraction of sp³-hybridized carbons (Fsp3) is 0.619. The van der Waals surface area contributed by atoms with Gasteiger partial charge in [0.2, 0.25) is 0 Å². The molecule has 158 valence electrons. The van der Waals surface area contributed by atoms with Crippen LogP contribution in [0.3, 0.4) is 0 Å². The summed E-state index contributed by atoms with van der Waals surface area (Å²) in [5.41, 5.74) is 0.560. The Kier molecular flexibility index (Phi) is 24.9. The summed E-state index contributed by atoms with van der Waals surface area (Å²) in [5, 5.41) is 33.6. The summed E-state index contributed by atoms with van der Waals surface area (Å²) in [6.45, 7) is 16.0. The quantitative estimate of drug-likeness (QED) is 0.417. The molecule has 0 saturated heterocycles. The van der Waals surface area contributed by atoms with Gasteiger partial charge in [-0.25, -0.2) is 0 Å². The zero-order valence-corrected chi connectivity index (χ0v) is 20.0. The zero-order chi connectivity index (χ0) is 21.3. The maximum absolute atomic E-state index is 9.48. The van der Waals surface area contributed by atoms with E-state index in [1.807, 2.05) is 51.1 Å². The smallest absolute Gasteiger partial charge is 0.277 e.